The highest BCUT2D eigenvalue weighted by Crippen LogP contribution is 2.20. The molecule has 26 heavy (non-hydrogen) atoms. The van der Waals surface area contributed by atoms with Crippen LogP contribution in [0.4, 0.5) is 0 Å². The molecule has 2 N–H and O–H groups in total. The van der Waals surface area contributed by atoms with Crippen LogP contribution in [0, 0.1) is 0 Å². The van der Waals surface area contributed by atoms with Crippen molar-refractivity contribution in [3.63, 3.8) is 0 Å². The van der Waals surface area contributed by atoms with Gasteiger partial charge in [-0.2, -0.15) is 0 Å². The van der Waals surface area contributed by atoms with Crippen molar-refractivity contribution in [2.75, 3.05) is 0 Å². The second kappa shape index (κ2) is 8.75. The highest BCUT2D eigenvalue weighted by molar-refractivity contribution is 7.28. The van der Waals surface area contributed by atoms with Crippen molar-refractivity contribution in [1.29, 1.82) is 0 Å². The highest BCUT2D eigenvalue weighted by atomic mass is 31.0. The number of hydrogen-bond donors (Lipinski definition) is 2. The van der Waals surface area contributed by atoms with Crippen molar-refractivity contribution in [3.8, 4) is 0 Å². The Morgan fingerprint density at radius 1 is 0.731 bits per heavy atom. The van der Waals surface area contributed by atoms with Gasteiger partial charge in [0.1, 0.15) is 0 Å². The normalized spacial score (nSPS) is 19.6. The Labute approximate surface area is 158 Å². The van der Waals surface area contributed by atoms with Crippen molar-refractivity contribution in [2.24, 2.45) is 0 Å². The molecule has 2 amide bonds. The fraction of sp³-hybridized carbons (Fsp3) is 0.300. The quantitative estimate of drug-likeness (QED) is 0.792. The third-order valence-electron chi connectivity index (χ3n) is 4.81. The van der Waals surface area contributed by atoms with Crippen molar-refractivity contribution in [2.45, 2.75) is 37.8 Å². The summed E-state index contributed by atoms with van der Waals surface area (Å²) in [5.74, 6) is -0.179. The lowest BCUT2D eigenvalue weighted by Gasteiger charge is -2.33. The van der Waals surface area contributed by atoms with Crippen molar-refractivity contribution >= 4 is 40.9 Å². The van der Waals surface area contributed by atoms with Crippen LogP contribution in [0.15, 0.2) is 48.5 Å². The molecule has 0 saturated heterocycles. The molecule has 1 fully saturated rings. The van der Waals surface area contributed by atoms with Gasteiger partial charge in [-0.15, -0.1) is 18.5 Å². The molecule has 0 heterocycles. The lowest BCUT2D eigenvalue weighted by atomic mass is 9.89. The Morgan fingerprint density at radius 2 is 1.12 bits per heavy atom. The van der Waals surface area contributed by atoms with Gasteiger partial charge in [0.2, 0.25) is 0 Å². The number of nitrogens with one attached hydrogen (secondary N) is 2. The summed E-state index contributed by atoms with van der Waals surface area (Å²) in [5, 5.41) is 8.00. The number of amides is 2. The maximum absolute atomic E-state index is 12.6. The van der Waals surface area contributed by atoms with E-state index in [0.29, 0.717) is 11.1 Å². The number of hydrogen-bond acceptors (Lipinski definition) is 2. The monoisotopic (exact) mass is 386 g/mol. The fourth-order valence-electron chi connectivity index (χ4n) is 3.38. The van der Waals surface area contributed by atoms with Gasteiger partial charge in [-0.05, 0) is 35.6 Å². The van der Waals surface area contributed by atoms with Gasteiger partial charge in [-0.25, -0.2) is 0 Å². The standard InChI is InChI=1S/C20H24N2O2P2/c23-19(13-7-1-5-11-17(13)25)21-15-9-3-4-10-16(15)22-20(24)14-8-2-6-12-18(14)26/h1-2,5-8,11-12,15-16H,3-4,9-10,25-26H2,(H,21,23)(H,22,24). The van der Waals surface area contributed by atoms with Crippen LogP contribution in [0.3, 0.4) is 0 Å². The molecule has 1 saturated carbocycles. The van der Waals surface area contributed by atoms with E-state index in [9.17, 15) is 9.59 Å². The predicted molar refractivity (Wildman–Crippen MR) is 113 cm³/mol. The van der Waals surface area contributed by atoms with Gasteiger partial charge < -0.3 is 10.6 Å². The molecule has 4 atom stereocenters. The minimum absolute atomic E-state index is 0.0542. The van der Waals surface area contributed by atoms with Gasteiger partial charge in [-0.1, -0.05) is 49.2 Å². The van der Waals surface area contributed by atoms with Crippen LogP contribution in [0.5, 0.6) is 0 Å². The molecule has 136 valence electrons. The zero-order valence-electron chi connectivity index (χ0n) is 14.6. The van der Waals surface area contributed by atoms with Crippen molar-refractivity contribution in [1.82, 2.24) is 10.6 Å². The van der Waals surface area contributed by atoms with Gasteiger partial charge in [0.25, 0.3) is 11.8 Å². The molecule has 0 bridgehead atoms. The highest BCUT2D eigenvalue weighted by Gasteiger charge is 2.28. The van der Waals surface area contributed by atoms with E-state index in [-0.39, 0.29) is 23.9 Å². The van der Waals surface area contributed by atoms with Crippen molar-refractivity contribution in [3.05, 3.63) is 59.7 Å². The van der Waals surface area contributed by atoms with Gasteiger partial charge in [0.05, 0.1) is 0 Å². The fourth-order valence-corrected chi connectivity index (χ4v) is 4.05. The molecule has 2 aromatic carbocycles. The summed E-state index contributed by atoms with van der Waals surface area (Å²) in [4.78, 5) is 25.3. The van der Waals surface area contributed by atoms with Gasteiger partial charge in [0, 0.05) is 23.2 Å². The van der Waals surface area contributed by atoms with Crippen LogP contribution in [0.1, 0.15) is 46.4 Å². The maximum Gasteiger partial charge on any atom is 0.252 e. The molecule has 0 spiro atoms. The summed E-state index contributed by atoms with van der Waals surface area (Å²) >= 11 is 0. The van der Waals surface area contributed by atoms with E-state index in [0.717, 1.165) is 36.3 Å². The van der Waals surface area contributed by atoms with Crippen LogP contribution in [0.25, 0.3) is 0 Å². The molecule has 0 aliphatic heterocycles. The van der Waals surface area contributed by atoms with Crippen LogP contribution in [-0.4, -0.2) is 23.9 Å². The second-order valence-corrected chi connectivity index (χ2v) is 7.86. The minimum atomic E-state index is -0.0896. The molecule has 2 aromatic rings. The average molecular weight is 386 g/mol. The van der Waals surface area contributed by atoms with E-state index < -0.39 is 0 Å². The van der Waals surface area contributed by atoms with Gasteiger partial charge in [0.15, 0.2) is 0 Å². The summed E-state index contributed by atoms with van der Waals surface area (Å²) in [7, 11) is 5.19. The summed E-state index contributed by atoms with van der Waals surface area (Å²) in [6, 6.07) is 14.9. The lowest BCUT2D eigenvalue weighted by Crippen LogP contribution is -2.53. The summed E-state index contributed by atoms with van der Waals surface area (Å²) in [6.07, 6.45) is 3.86. The molecule has 4 unspecified atom stereocenters. The molecular formula is C20H24N2O2P2. The van der Waals surface area contributed by atoms with Crippen LogP contribution >= 0.6 is 18.5 Å². The first-order valence-electron chi connectivity index (χ1n) is 8.87. The third-order valence-corrected chi connectivity index (χ3v) is 5.82. The SMILES string of the molecule is O=C(NC1CCCCC1NC(=O)c1ccccc1P)c1ccccc1P. The Balaban J connectivity index is 1.70. The number of carbonyl (C=O) groups is 2. The second-order valence-electron chi connectivity index (χ2n) is 6.62. The van der Waals surface area contributed by atoms with E-state index in [1.165, 1.54) is 0 Å². The molecule has 6 heteroatoms. The summed E-state index contributed by atoms with van der Waals surface area (Å²) in [6.45, 7) is 0. The van der Waals surface area contributed by atoms with E-state index in [2.05, 4.69) is 29.1 Å². The molecule has 0 radical (unpaired) electrons. The Bertz CT molecular complexity index is 742. The smallest absolute Gasteiger partial charge is 0.252 e. The molecular weight excluding hydrogens is 362 g/mol. The lowest BCUT2D eigenvalue weighted by molar-refractivity contribution is 0.0864. The molecule has 4 nitrogen and oxygen atoms in total. The van der Waals surface area contributed by atoms with Gasteiger partial charge in [-0.3, -0.25) is 9.59 Å². The average Bonchev–Trinajstić information content (AvgIpc) is 2.64. The van der Waals surface area contributed by atoms with Crippen LogP contribution in [0.2, 0.25) is 0 Å². The predicted octanol–water partition coefficient (Wildman–Crippen LogP) is 2.16. The molecule has 1 aliphatic rings. The van der Waals surface area contributed by atoms with Gasteiger partial charge >= 0.3 is 0 Å². The Morgan fingerprint density at radius 3 is 1.50 bits per heavy atom. The third kappa shape index (κ3) is 4.50. The Kier molecular flexibility index (Phi) is 6.40. The first-order chi connectivity index (χ1) is 12.6. The van der Waals surface area contributed by atoms with E-state index in [1.807, 2.05) is 48.5 Å². The molecule has 0 aromatic heterocycles. The zero-order chi connectivity index (χ0) is 18.5. The summed E-state index contributed by atoms with van der Waals surface area (Å²) < 4.78 is 0. The maximum atomic E-state index is 12.6. The van der Waals surface area contributed by atoms with Crippen LogP contribution < -0.4 is 21.2 Å². The topological polar surface area (TPSA) is 58.2 Å². The van der Waals surface area contributed by atoms with Crippen molar-refractivity contribution < 1.29 is 9.59 Å². The van der Waals surface area contributed by atoms with E-state index in [4.69, 9.17) is 0 Å². The largest absolute Gasteiger partial charge is 0.347 e. The van der Waals surface area contributed by atoms with E-state index in [1.54, 1.807) is 0 Å². The first-order valence-corrected chi connectivity index (χ1v) is 10.0. The zero-order valence-corrected chi connectivity index (χ0v) is 16.9. The minimum Gasteiger partial charge on any atom is -0.347 e. The number of rotatable bonds is 4. The van der Waals surface area contributed by atoms with E-state index >= 15 is 0 Å². The number of carbonyl (C=O) groups excluding carboxylic acids is 2. The first kappa shape index (κ1) is 19.0. The molecule has 1 aliphatic carbocycles. The van der Waals surface area contributed by atoms with Crippen LogP contribution in [-0.2, 0) is 0 Å². The molecule has 3 rings (SSSR count). The summed E-state index contributed by atoms with van der Waals surface area (Å²) in [5.41, 5.74) is 1.31. The number of benzene rings is 2. The Hall–Kier alpha value is -1.76.